The Labute approximate surface area is 122 Å². The molecule has 1 amide bonds. The van der Waals surface area contributed by atoms with Gasteiger partial charge in [-0.1, -0.05) is 0 Å². The van der Waals surface area contributed by atoms with Crippen LogP contribution in [-0.2, 0) is 16.6 Å². The number of ether oxygens (including phenoxy) is 1. The van der Waals surface area contributed by atoms with Crippen molar-refractivity contribution in [1.29, 1.82) is 0 Å². The van der Waals surface area contributed by atoms with Gasteiger partial charge in [-0.25, -0.2) is 4.98 Å². The standard InChI is InChI=1S/C14H18N4O3/c1-5-21-12(19)8-17(3)14(20)10-6-11-9(2)16-18(4)13(11)15-7-10/h6-7H,5,8H2,1-4H3. The molecule has 0 aliphatic carbocycles. The van der Waals surface area contributed by atoms with E-state index in [1.807, 2.05) is 6.92 Å². The highest BCUT2D eigenvalue weighted by molar-refractivity contribution is 5.98. The van der Waals surface area contributed by atoms with E-state index in [-0.39, 0.29) is 12.5 Å². The van der Waals surface area contributed by atoms with Crippen LogP contribution in [0.2, 0.25) is 0 Å². The van der Waals surface area contributed by atoms with Gasteiger partial charge < -0.3 is 9.64 Å². The highest BCUT2D eigenvalue weighted by Crippen LogP contribution is 2.17. The van der Waals surface area contributed by atoms with E-state index in [9.17, 15) is 9.59 Å². The highest BCUT2D eigenvalue weighted by atomic mass is 16.5. The summed E-state index contributed by atoms with van der Waals surface area (Å²) in [6.07, 6.45) is 1.49. The van der Waals surface area contributed by atoms with Gasteiger partial charge in [-0.15, -0.1) is 0 Å². The maximum absolute atomic E-state index is 12.3. The zero-order chi connectivity index (χ0) is 15.6. The summed E-state index contributed by atoms with van der Waals surface area (Å²) in [5.41, 5.74) is 1.95. The number of aryl methyl sites for hydroxylation is 2. The van der Waals surface area contributed by atoms with E-state index in [0.29, 0.717) is 12.2 Å². The molecule has 0 aliphatic rings. The van der Waals surface area contributed by atoms with Gasteiger partial charge in [-0.3, -0.25) is 14.3 Å². The number of nitrogens with zero attached hydrogens (tertiary/aromatic N) is 4. The summed E-state index contributed by atoms with van der Waals surface area (Å²) in [5.74, 6) is -0.708. The van der Waals surface area contributed by atoms with Crippen LogP contribution < -0.4 is 0 Å². The lowest BCUT2D eigenvalue weighted by molar-refractivity contribution is -0.143. The van der Waals surface area contributed by atoms with Crippen LogP contribution in [0.5, 0.6) is 0 Å². The average Bonchev–Trinajstić information content (AvgIpc) is 2.73. The van der Waals surface area contributed by atoms with Gasteiger partial charge in [0.1, 0.15) is 6.54 Å². The van der Waals surface area contributed by atoms with Crippen LogP contribution in [0, 0.1) is 6.92 Å². The van der Waals surface area contributed by atoms with Crippen LogP contribution >= 0.6 is 0 Å². The minimum absolute atomic E-state index is 0.0866. The molecule has 0 bridgehead atoms. The maximum Gasteiger partial charge on any atom is 0.325 e. The first-order valence-corrected chi connectivity index (χ1v) is 6.64. The molecule has 2 heterocycles. The number of carbonyl (C=O) groups excluding carboxylic acids is 2. The molecule has 0 aliphatic heterocycles. The topological polar surface area (TPSA) is 77.3 Å². The van der Waals surface area contributed by atoms with Gasteiger partial charge in [-0.2, -0.15) is 5.10 Å². The SMILES string of the molecule is CCOC(=O)CN(C)C(=O)c1cnc2c(c1)c(C)nn2C. The Morgan fingerprint density at radius 3 is 2.81 bits per heavy atom. The molecule has 0 atom stereocenters. The number of amides is 1. The molecule has 7 nitrogen and oxygen atoms in total. The first-order valence-electron chi connectivity index (χ1n) is 6.64. The molecule has 2 aromatic rings. The predicted octanol–water partition coefficient (Wildman–Crippen LogP) is 0.912. The minimum atomic E-state index is -0.431. The molecule has 0 unspecified atom stereocenters. The first kappa shape index (κ1) is 15.0. The van der Waals surface area contributed by atoms with E-state index < -0.39 is 5.97 Å². The van der Waals surface area contributed by atoms with E-state index in [4.69, 9.17) is 4.74 Å². The number of hydrogen-bond acceptors (Lipinski definition) is 5. The van der Waals surface area contributed by atoms with Gasteiger partial charge in [0.05, 0.1) is 17.9 Å². The summed E-state index contributed by atoms with van der Waals surface area (Å²) < 4.78 is 6.50. The van der Waals surface area contributed by atoms with E-state index in [1.54, 1.807) is 31.8 Å². The number of rotatable bonds is 4. The third-order valence-corrected chi connectivity index (χ3v) is 3.13. The minimum Gasteiger partial charge on any atom is -0.465 e. The molecule has 0 N–H and O–H groups in total. The van der Waals surface area contributed by atoms with Crippen molar-refractivity contribution in [2.24, 2.45) is 7.05 Å². The van der Waals surface area contributed by atoms with E-state index >= 15 is 0 Å². The van der Waals surface area contributed by atoms with Crippen LogP contribution in [0.25, 0.3) is 11.0 Å². The second kappa shape index (κ2) is 5.90. The Morgan fingerprint density at radius 1 is 1.43 bits per heavy atom. The molecule has 0 spiro atoms. The monoisotopic (exact) mass is 290 g/mol. The molecule has 2 rings (SSSR count). The fourth-order valence-electron chi connectivity index (χ4n) is 2.12. The lowest BCUT2D eigenvalue weighted by Gasteiger charge is -2.15. The number of carbonyl (C=O) groups is 2. The molecule has 0 saturated heterocycles. The van der Waals surface area contributed by atoms with Crippen molar-refractivity contribution in [3.63, 3.8) is 0 Å². The number of aromatic nitrogens is 3. The molecule has 112 valence electrons. The number of hydrogen-bond donors (Lipinski definition) is 0. The predicted molar refractivity (Wildman–Crippen MR) is 76.8 cm³/mol. The maximum atomic E-state index is 12.3. The van der Waals surface area contributed by atoms with Crippen LogP contribution in [0.1, 0.15) is 23.0 Å². The van der Waals surface area contributed by atoms with Crippen molar-refractivity contribution < 1.29 is 14.3 Å². The fourth-order valence-corrected chi connectivity index (χ4v) is 2.12. The van der Waals surface area contributed by atoms with Crippen molar-refractivity contribution in [2.75, 3.05) is 20.2 Å². The van der Waals surface area contributed by atoms with E-state index in [1.165, 1.54) is 11.1 Å². The van der Waals surface area contributed by atoms with Gasteiger partial charge in [-0.05, 0) is 19.9 Å². The lowest BCUT2D eigenvalue weighted by Crippen LogP contribution is -2.33. The smallest absolute Gasteiger partial charge is 0.325 e. The third kappa shape index (κ3) is 3.01. The van der Waals surface area contributed by atoms with Crippen molar-refractivity contribution in [1.82, 2.24) is 19.7 Å². The number of likely N-dealkylation sites (N-methyl/N-ethyl adjacent to an activating group) is 1. The molecule has 0 fully saturated rings. The van der Waals surface area contributed by atoms with Crippen molar-refractivity contribution >= 4 is 22.9 Å². The van der Waals surface area contributed by atoms with Crippen LogP contribution in [0.3, 0.4) is 0 Å². The van der Waals surface area contributed by atoms with Gasteiger partial charge in [0.2, 0.25) is 0 Å². The first-order chi connectivity index (χ1) is 9.93. The van der Waals surface area contributed by atoms with Crippen molar-refractivity contribution in [3.05, 3.63) is 23.5 Å². The van der Waals surface area contributed by atoms with Gasteiger partial charge in [0.15, 0.2) is 5.65 Å². The molecular formula is C14H18N4O3. The summed E-state index contributed by atoms with van der Waals surface area (Å²) in [4.78, 5) is 29.3. The Hall–Kier alpha value is -2.44. The molecular weight excluding hydrogens is 272 g/mol. The molecule has 0 radical (unpaired) electrons. The Bertz CT molecular complexity index is 693. The summed E-state index contributed by atoms with van der Waals surface area (Å²) in [6, 6.07) is 1.74. The second-order valence-electron chi connectivity index (χ2n) is 4.77. The normalized spacial score (nSPS) is 10.7. The molecule has 2 aromatic heterocycles. The van der Waals surface area contributed by atoms with Gasteiger partial charge >= 0.3 is 5.97 Å². The lowest BCUT2D eigenvalue weighted by atomic mass is 10.2. The van der Waals surface area contributed by atoms with Gasteiger partial charge in [0.25, 0.3) is 5.91 Å². The number of esters is 1. The molecule has 7 heteroatoms. The largest absolute Gasteiger partial charge is 0.465 e. The van der Waals surface area contributed by atoms with E-state index in [0.717, 1.165) is 16.7 Å². The zero-order valence-electron chi connectivity index (χ0n) is 12.6. The third-order valence-electron chi connectivity index (χ3n) is 3.13. The molecule has 0 aromatic carbocycles. The quantitative estimate of drug-likeness (QED) is 0.782. The fraction of sp³-hybridized carbons (Fsp3) is 0.429. The van der Waals surface area contributed by atoms with Crippen molar-refractivity contribution in [2.45, 2.75) is 13.8 Å². The summed E-state index contributed by atoms with van der Waals surface area (Å²) in [5, 5.41) is 5.09. The van der Waals surface area contributed by atoms with Crippen LogP contribution in [0.4, 0.5) is 0 Å². The van der Waals surface area contributed by atoms with E-state index in [2.05, 4.69) is 10.1 Å². The average molecular weight is 290 g/mol. The number of fused-ring (bicyclic) bond motifs is 1. The summed E-state index contributed by atoms with van der Waals surface area (Å²) in [7, 11) is 3.36. The number of pyridine rings is 1. The van der Waals surface area contributed by atoms with Crippen LogP contribution in [-0.4, -0.2) is 51.7 Å². The van der Waals surface area contributed by atoms with Crippen molar-refractivity contribution in [3.8, 4) is 0 Å². The Balaban J connectivity index is 2.23. The Morgan fingerprint density at radius 2 is 2.14 bits per heavy atom. The Kier molecular flexibility index (Phi) is 4.21. The molecule has 0 saturated carbocycles. The highest BCUT2D eigenvalue weighted by Gasteiger charge is 2.17. The molecule has 21 heavy (non-hydrogen) atoms. The second-order valence-corrected chi connectivity index (χ2v) is 4.77. The van der Waals surface area contributed by atoms with Crippen LogP contribution in [0.15, 0.2) is 12.3 Å². The summed E-state index contributed by atoms with van der Waals surface area (Å²) >= 11 is 0. The van der Waals surface area contributed by atoms with Gasteiger partial charge in [0, 0.05) is 25.7 Å². The summed E-state index contributed by atoms with van der Waals surface area (Å²) in [6.45, 7) is 3.79. The zero-order valence-corrected chi connectivity index (χ0v) is 12.6.